The number of esters is 1. The van der Waals surface area contributed by atoms with E-state index in [-0.39, 0.29) is 11.3 Å². The van der Waals surface area contributed by atoms with E-state index in [1.54, 1.807) is 18.2 Å². The van der Waals surface area contributed by atoms with Crippen LogP contribution in [0.15, 0.2) is 47.4 Å². The van der Waals surface area contributed by atoms with E-state index in [1.807, 2.05) is 0 Å². The molecule has 27 heavy (non-hydrogen) atoms. The number of allylic oxidation sites excluding steroid dienone is 1. The van der Waals surface area contributed by atoms with E-state index in [0.29, 0.717) is 0 Å². The van der Waals surface area contributed by atoms with Crippen LogP contribution in [0.4, 0.5) is 13.2 Å². The lowest BCUT2D eigenvalue weighted by Gasteiger charge is -2.21. The van der Waals surface area contributed by atoms with Crippen molar-refractivity contribution in [2.45, 2.75) is 50.8 Å². The first-order chi connectivity index (χ1) is 12.1. The zero-order valence-corrected chi connectivity index (χ0v) is 16.3. The van der Waals surface area contributed by atoms with Crippen LogP contribution in [0.2, 0.25) is 0 Å². The average molecular weight is 408 g/mol. The van der Waals surface area contributed by atoms with Crippen LogP contribution >= 0.6 is 0 Å². The molecule has 0 bridgehead atoms. The van der Waals surface area contributed by atoms with Gasteiger partial charge in [0.05, 0.1) is 4.90 Å². The van der Waals surface area contributed by atoms with Crippen LogP contribution in [0.25, 0.3) is 6.08 Å². The van der Waals surface area contributed by atoms with E-state index in [1.165, 1.54) is 39.8 Å². The van der Waals surface area contributed by atoms with E-state index in [0.717, 1.165) is 11.6 Å². The molecule has 0 saturated carbocycles. The minimum atomic E-state index is -4.65. The van der Waals surface area contributed by atoms with Gasteiger partial charge in [0.15, 0.2) is 0 Å². The minimum absolute atomic E-state index is 0.104. The monoisotopic (exact) mass is 408 g/mol. The standard InChI is InChI=1S/C10H15F3O2.C8H8O3S/c1-5-6-7(10(11,12)13)8(14)15-9(2,3)4;1-2-7-3-5-8(6-4-7)12(9,10)11/h6H,5H2,1-4H3;2-6H,1H2,(H,9,10,11). The molecule has 0 atom stereocenters. The third-order valence-corrected chi connectivity index (χ3v) is 3.61. The normalized spacial score (nSPS) is 12.7. The van der Waals surface area contributed by atoms with Gasteiger partial charge in [-0.25, -0.2) is 4.79 Å². The number of rotatable bonds is 4. The highest BCUT2D eigenvalue weighted by Crippen LogP contribution is 2.28. The van der Waals surface area contributed by atoms with Gasteiger partial charge in [-0.05, 0) is 44.9 Å². The van der Waals surface area contributed by atoms with Gasteiger partial charge in [-0.15, -0.1) is 0 Å². The van der Waals surface area contributed by atoms with Crippen LogP contribution in [0.3, 0.4) is 0 Å². The van der Waals surface area contributed by atoms with E-state index < -0.39 is 33.4 Å². The zero-order chi connectivity index (χ0) is 21.5. The van der Waals surface area contributed by atoms with Crippen molar-refractivity contribution in [3.8, 4) is 0 Å². The Balaban J connectivity index is 0.000000511. The minimum Gasteiger partial charge on any atom is -0.456 e. The van der Waals surface area contributed by atoms with Crippen LogP contribution in [-0.2, 0) is 19.6 Å². The summed E-state index contributed by atoms with van der Waals surface area (Å²) in [5.41, 5.74) is -1.35. The molecule has 5 nitrogen and oxygen atoms in total. The summed E-state index contributed by atoms with van der Waals surface area (Å²) in [7, 11) is -4.06. The fourth-order valence-corrected chi connectivity index (χ4v) is 2.11. The van der Waals surface area contributed by atoms with Crippen molar-refractivity contribution in [2.24, 2.45) is 0 Å². The summed E-state index contributed by atoms with van der Waals surface area (Å²) in [4.78, 5) is 11.1. The van der Waals surface area contributed by atoms with Gasteiger partial charge >= 0.3 is 12.1 Å². The van der Waals surface area contributed by atoms with Gasteiger partial charge in [-0.1, -0.05) is 37.8 Å². The number of halogens is 3. The number of carbonyl (C=O) groups is 1. The lowest BCUT2D eigenvalue weighted by molar-refractivity contribution is -0.160. The average Bonchev–Trinajstić information content (AvgIpc) is 2.49. The summed E-state index contributed by atoms with van der Waals surface area (Å²) < 4.78 is 71.5. The van der Waals surface area contributed by atoms with E-state index in [2.05, 4.69) is 11.3 Å². The molecule has 0 aliphatic carbocycles. The predicted molar refractivity (Wildman–Crippen MR) is 96.6 cm³/mol. The second-order valence-electron chi connectivity index (χ2n) is 6.27. The Kier molecular flexibility index (Phi) is 8.94. The number of alkyl halides is 3. The lowest BCUT2D eigenvalue weighted by Crippen LogP contribution is -2.29. The van der Waals surface area contributed by atoms with Gasteiger partial charge < -0.3 is 4.74 Å². The molecule has 0 aromatic heterocycles. The molecule has 1 rings (SSSR count). The first-order valence-electron chi connectivity index (χ1n) is 7.82. The summed E-state index contributed by atoms with van der Waals surface area (Å²) in [6.45, 7) is 9.59. The van der Waals surface area contributed by atoms with E-state index >= 15 is 0 Å². The molecule has 9 heteroatoms. The second-order valence-corrected chi connectivity index (χ2v) is 7.70. The molecule has 1 N–H and O–H groups in total. The number of hydrogen-bond donors (Lipinski definition) is 1. The maximum Gasteiger partial charge on any atom is 0.423 e. The molecule has 0 aliphatic heterocycles. The molecule has 152 valence electrons. The maximum absolute atomic E-state index is 12.4. The van der Waals surface area contributed by atoms with Gasteiger partial charge in [-0.3, -0.25) is 4.55 Å². The molecule has 0 fully saturated rings. The SMILES string of the molecule is C=Cc1ccc(S(=O)(=O)O)cc1.CCC=C(C(=O)OC(C)(C)C)C(F)(F)F. The van der Waals surface area contributed by atoms with Gasteiger partial charge in [-0.2, -0.15) is 21.6 Å². The molecule has 0 saturated heterocycles. The van der Waals surface area contributed by atoms with Crippen molar-refractivity contribution >= 4 is 22.2 Å². The zero-order valence-electron chi connectivity index (χ0n) is 15.5. The number of hydrogen-bond acceptors (Lipinski definition) is 4. The molecular formula is C18H23F3O5S. The van der Waals surface area contributed by atoms with Crippen LogP contribution in [-0.4, -0.2) is 30.7 Å². The Bertz CT molecular complexity index is 771. The van der Waals surface area contributed by atoms with Crippen LogP contribution in [0.1, 0.15) is 39.7 Å². The third kappa shape index (κ3) is 9.95. The maximum atomic E-state index is 12.4. The molecule has 1 aromatic rings. The van der Waals surface area contributed by atoms with Gasteiger partial charge in [0.25, 0.3) is 10.1 Å². The summed E-state index contributed by atoms with van der Waals surface area (Å²) in [6.07, 6.45) is -2.10. The molecule has 0 radical (unpaired) electrons. The fourth-order valence-electron chi connectivity index (χ4n) is 1.63. The van der Waals surface area contributed by atoms with E-state index in [9.17, 15) is 26.4 Å². The number of benzene rings is 1. The van der Waals surface area contributed by atoms with Gasteiger partial charge in [0.2, 0.25) is 0 Å². The summed E-state index contributed by atoms with van der Waals surface area (Å²) in [5, 5.41) is 0. The Morgan fingerprint density at radius 3 is 1.96 bits per heavy atom. The summed E-state index contributed by atoms with van der Waals surface area (Å²) >= 11 is 0. The van der Waals surface area contributed by atoms with Crippen molar-refractivity contribution in [3.63, 3.8) is 0 Å². The smallest absolute Gasteiger partial charge is 0.423 e. The van der Waals surface area contributed by atoms with Crippen molar-refractivity contribution in [1.29, 1.82) is 0 Å². The summed E-state index contributed by atoms with van der Waals surface area (Å²) in [5.74, 6) is -1.32. The topological polar surface area (TPSA) is 80.7 Å². The quantitative estimate of drug-likeness (QED) is 0.440. The predicted octanol–water partition coefficient (Wildman–Crippen LogP) is 4.80. The molecule has 0 heterocycles. The second kappa shape index (κ2) is 9.70. The first-order valence-corrected chi connectivity index (χ1v) is 9.26. The molecule has 0 aliphatic rings. The lowest BCUT2D eigenvalue weighted by atomic mass is 10.1. The van der Waals surface area contributed by atoms with Crippen molar-refractivity contribution in [2.75, 3.05) is 0 Å². The Morgan fingerprint density at radius 1 is 1.19 bits per heavy atom. The Morgan fingerprint density at radius 2 is 1.67 bits per heavy atom. The van der Waals surface area contributed by atoms with E-state index in [4.69, 9.17) is 4.55 Å². The van der Waals surface area contributed by atoms with Gasteiger partial charge in [0, 0.05) is 0 Å². The Hall–Kier alpha value is -2.13. The Labute approximate surface area is 157 Å². The van der Waals surface area contributed by atoms with Crippen molar-refractivity contribution < 1.29 is 35.7 Å². The number of ether oxygens (including phenoxy) is 1. The van der Waals surface area contributed by atoms with Crippen LogP contribution in [0, 0.1) is 0 Å². The summed E-state index contributed by atoms with van der Waals surface area (Å²) in [6, 6.07) is 5.78. The highest BCUT2D eigenvalue weighted by atomic mass is 32.2. The highest BCUT2D eigenvalue weighted by Gasteiger charge is 2.40. The molecule has 0 spiro atoms. The molecule has 1 aromatic carbocycles. The van der Waals surface area contributed by atoms with Gasteiger partial charge in [0.1, 0.15) is 11.2 Å². The third-order valence-electron chi connectivity index (χ3n) is 2.75. The highest BCUT2D eigenvalue weighted by molar-refractivity contribution is 7.85. The van der Waals surface area contributed by atoms with Crippen LogP contribution < -0.4 is 0 Å². The molecule has 0 amide bonds. The molecular weight excluding hydrogens is 385 g/mol. The van der Waals surface area contributed by atoms with Crippen molar-refractivity contribution in [1.82, 2.24) is 0 Å². The van der Waals surface area contributed by atoms with Crippen LogP contribution in [0.5, 0.6) is 0 Å². The van der Waals surface area contributed by atoms with Crippen molar-refractivity contribution in [3.05, 3.63) is 48.1 Å². The molecule has 0 unspecified atom stereocenters. The first kappa shape index (κ1) is 24.9. The largest absolute Gasteiger partial charge is 0.456 e. The number of carbonyl (C=O) groups excluding carboxylic acids is 1. The fraction of sp³-hybridized carbons (Fsp3) is 0.389.